The summed E-state index contributed by atoms with van der Waals surface area (Å²) in [5, 5.41) is 12.5. The van der Waals surface area contributed by atoms with Crippen LogP contribution in [0.2, 0.25) is 0 Å². The Bertz CT molecular complexity index is 736. The number of Topliss-reactive ketones (excluding diaryl/α,β-unsaturated/α-hetero) is 1. The second-order valence-electron chi connectivity index (χ2n) is 5.41. The number of aliphatic carboxylic acids is 1. The van der Waals surface area contributed by atoms with Crippen LogP contribution in [0.1, 0.15) is 12.5 Å². The molecule has 1 unspecified atom stereocenters. The van der Waals surface area contributed by atoms with Crippen LogP contribution < -0.4 is 0 Å². The summed E-state index contributed by atoms with van der Waals surface area (Å²) in [6, 6.07) is 7.29. The van der Waals surface area contributed by atoms with Crippen LogP contribution in [0, 0.1) is 0 Å². The van der Waals surface area contributed by atoms with Gasteiger partial charge in [-0.05, 0) is 11.0 Å². The molecule has 2 rings (SSSR count). The maximum Gasteiger partial charge on any atom is 0.374 e. The summed E-state index contributed by atoms with van der Waals surface area (Å²) in [5.74, 6) is -4.08. The van der Waals surface area contributed by atoms with Crippen molar-refractivity contribution in [1.82, 2.24) is 10.0 Å². The Morgan fingerprint density at radius 1 is 1.31 bits per heavy atom. The van der Waals surface area contributed by atoms with E-state index in [2.05, 4.69) is 0 Å². The molecule has 0 aromatic heterocycles. The topological polar surface area (TPSA) is 104 Å². The van der Waals surface area contributed by atoms with Gasteiger partial charge in [-0.25, -0.2) is 14.8 Å². The van der Waals surface area contributed by atoms with Crippen molar-refractivity contribution in [3.8, 4) is 0 Å². The Morgan fingerprint density at radius 3 is 2.50 bits per heavy atom. The van der Waals surface area contributed by atoms with Gasteiger partial charge in [-0.15, -0.1) is 0 Å². The van der Waals surface area contributed by atoms with Gasteiger partial charge in [-0.1, -0.05) is 42.1 Å². The Hall–Kier alpha value is -2.65. The van der Waals surface area contributed by atoms with Crippen LogP contribution in [-0.4, -0.2) is 57.3 Å². The Balaban J connectivity index is 2.43. The van der Waals surface area contributed by atoms with Gasteiger partial charge >= 0.3 is 5.97 Å². The number of carboxylic acids is 1. The number of carboxylic acid groups (broad SMARTS) is 1. The maximum atomic E-state index is 12.5. The number of nitrogens with zero attached hydrogens (tertiary/aromatic N) is 2. The molecule has 1 aromatic carbocycles. The molecule has 26 heavy (non-hydrogen) atoms. The van der Waals surface area contributed by atoms with Gasteiger partial charge in [0.2, 0.25) is 5.91 Å². The lowest BCUT2D eigenvalue weighted by Crippen LogP contribution is -2.58. The summed E-state index contributed by atoms with van der Waals surface area (Å²) in [5.41, 5.74) is -0.233. The van der Waals surface area contributed by atoms with Gasteiger partial charge in [0, 0.05) is 26.7 Å². The number of thioether (sulfide) groups is 1. The van der Waals surface area contributed by atoms with E-state index in [0.29, 0.717) is 5.56 Å². The van der Waals surface area contributed by atoms with Gasteiger partial charge in [0.05, 0.1) is 0 Å². The van der Waals surface area contributed by atoms with Crippen LogP contribution in [0.15, 0.2) is 41.9 Å². The SMILES string of the molecule is COC1SC=CN(N(C(C)=O)[C@@H](Cc2ccccc2)C(=O)C(=O)O)C1=O. The Labute approximate surface area is 154 Å². The summed E-state index contributed by atoms with van der Waals surface area (Å²) in [7, 11) is 1.34. The van der Waals surface area contributed by atoms with Crippen molar-refractivity contribution in [2.75, 3.05) is 7.11 Å². The third-order valence-corrected chi connectivity index (χ3v) is 4.60. The molecular weight excluding hydrogens is 360 g/mol. The summed E-state index contributed by atoms with van der Waals surface area (Å²) in [6.07, 6.45) is 1.27. The zero-order valence-corrected chi connectivity index (χ0v) is 15.0. The fraction of sp³-hybridized carbons (Fsp3) is 0.294. The average molecular weight is 378 g/mol. The lowest BCUT2D eigenvalue weighted by Gasteiger charge is -2.39. The zero-order chi connectivity index (χ0) is 19.3. The molecule has 1 aromatic rings. The fourth-order valence-electron chi connectivity index (χ4n) is 2.53. The van der Waals surface area contributed by atoms with E-state index in [-0.39, 0.29) is 6.42 Å². The van der Waals surface area contributed by atoms with Crippen molar-refractivity contribution in [3.63, 3.8) is 0 Å². The number of methoxy groups -OCH3 is 1. The number of ketones is 1. The number of carbonyl (C=O) groups excluding carboxylic acids is 3. The zero-order valence-electron chi connectivity index (χ0n) is 14.2. The summed E-state index contributed by atoms with van der Waals surface area (Å²) < 4.78 is 5.05. The third-order valence-electron chi connectivity index (χ3n) is 3.68. The molecule has 0 aliphatic carbocycles. The minimum Gasteiger partial charge on any atom is -0.475 e. The van der Waals surface area contributed by atoms with Crippen molar-refractivity contribution in [2.24, 2.45) is 0 Å². The molecule has 0 saturated heterocycles. The van der Waals surface area contributed by atoms with Crippen molar-refractivity contribution in [1.29, 1.82) is 0 Å². The molecule has 9 heteroatoms. The molecule has 1 aliphatic heterocycles. The Morgan fingerprint density at radius 2 is 1.96 bits per heavy atom. The molecule has 1 aliphatic rings. The largest absolute Gasteiger partial charge is 0.475 e. The van der Waals surface area contributed by atoms with E-state index in [1.807, 2.05) is 0 Å². The number of hydrogen-bond donors (Lipinski definition) is 1. The number of hydrazine groups is 1. The molecule has 0 radical (unpaired) electrons. The molecule has 1 heterocycles. The predicted octanol–water partition coefficient (Wildman–Crippen LogP) is 1.03. The number of hydrogen-bond acceptors (Lipinski definition) is 6. The highest BCUT2D eigenvalue weighted by Crippen LogP contribution is 2.25. The number of ether oxygens (including phenoxy) is 1. The van der Waals surface area contributed by atoms with E-state index in [1.165, 1.54) is 18.7 Å². The lowest BCUT2D eigenvalue weighted by atomic mass is 10.0. The highest BCUT2D eigenvalue weighted by molar-refractivity contribution is 8.03. The van der Waals surface area contributed by atoms with Crippen LogP contribution in [0.4, 0.5) is 0 Å². The number of rotatable bonds is 7. The summed E-state index contributed by atoms with van der Waals surface area (Å²) in [4.78, 5) is 48.4. The lowest BCUT2D eigenvalue weighted by molar-refractivity contribution is -0.170. The molecule has 138 valence electrons. The van der Waals surface area contributed by atoms with Gasteiger partial charge in [0.1, 0.15) is 6.04 Å². The monoisotopic (exact) mass is 378 g/mol. The molecule has 0 saturated carbocycles. The number of carbonyl (C=O) groups is 4. The molecule has 2 amide bonds. The molecule has 8 nitrogen and oxygen atoms in total. The van der Waals surface area contributed by atoms with Gasteiger partial charge in [0.25, 0.3) is 11.7 Å². The molecule has 0 spiro atoms. The summed E-state index contributed by atoms with van der Waals surface area (Å²) >= 11 is 1.10. The normalized spacial score (nSPS) is 17.7. The first-order chi connectivity index (χ1) is 12.4. The second-order valence-corrected chi connectivity index (χ2v) is 6.38. The quantitative estimate of drug-likeness (QED) is 0.707. The van der Waals surface area contributed by atoms with Crippen molar-refractivity contribution < 1.29 is 29.0 Å². The smallest absolute Gasteiger partial charge is 0.374 e. The minimum absolute atomic E-state index is 0.0477. The standard InChI is InChI=1S/C17H18N2O6S/c1-11(20)19(18-8-9-26-17(25-2)15(18)22)13(14(21)16(23)24)10-12-6-4-3-5-7-12/h3-9,13,17H,10H2,1-2H3,(H,23,24)/t13-,17?/m0/s1. The molecular formula is C17H18N2O6S. The van der Waals surface area contributed by atoms with Gasteiger partial charge in [-0.2, -0.15) is 0 Å². The van der Waals surface area contributed by atoms with E-state index < -0.39 is 35.0 Å². The van der Waals surface area contributed by atoms with Crippen molar-refractivity contribution >= 4 is 35.3 Å². The summed E-state index contributed by atoms with van der Waals surface area (Å²) in [6.45, 7) is 1.16. The highest BCUT2D eigenvalue weighted by Gasteiger charge is 2.40. The number of benzene rings is 1. The van der Waals surface area contributed by atoms with Crippen LogP contribution in [0.25, 0.3) is 0 Å². The van der Waals surface area contributed by atoms with Crippen LogP contribution >= 0.6 is 11.8 Å². The third kappa shape index (κ3) is 4.30. The van der Waals surface area contributed by atoms with E-state index in [4.69, 9.17) is 4.74 Å². The Kier molecular flexibility index (Phi) is 6.53. The van der Waals surface area contributed by atoms with Crippen molar-refractivity contribution in [3.05, 3.63) is 47.5 Å². The van der Waals surface area contributed by atoms with Gasteiger partial charge < -0.3 is 9.84 Å². The first kappa shape index (κ1) is 19.7. The van der Waals surface area contributed by atoms with E-state index in [0.717, 1.165) is 28.7 Å². The number of amides is 2. The first-order valence-corrected chi connectivity index (χ1v) is 8.60. The maximum absolute atomic E-state index is 12.5. The molecule has 0 bridgehead atoms. The van der Waals surface area contributed by atoms with E-state index >= 15 is 0 Å². The fourth-order valence-corrected chi connectivity index (χ4v) is 3.19. The highest BCUT2D eigenvalue weighted by atomic mass is 32.2. The minimum atomic E-state index is -1.68. The van der Waals surface area contributed by atoms with E-state index in [1.54, 1.807) is 30.3 Å². The van der Waals surface area contributed by atoms with Crippen molar-refractivity contribution in [2.45, 2.75) is 24.8 Å². The predicted molar refractivity (Wildman–Crippen MR) is 93.5 cm³/mol. The van der Waals surface area contributed by atoms with Gasteiger partial charge in [0.15, 0.2) is 5.44 Å². The first-order valence-electron chi connectivity index (χ1n) is 7.65. The molecule has 1 N–H and O–H groups in total. The van der Waals surface area contributed by atoms with E-state index in [9.17, 15) is 24.3 Å². The average Bonchev–Trinajstić information content (AvgIpc) is 2.62. The second kappa shape index (κ2) is 8.63. The van der Waals surface area contributed by atoms with Gasteiger partial charge in [-0.3, -0.25) is 14.4 Å². The van der Waals surface area contributed by atoms with Crippen LogP contribution in [-0.2, 0) is 30.3 Å². The van der Waals surface area contributed by atoms with Crippen LogP contribution in [0.5, 0.6) is 0 Å². The van der Waals surface area contributed by atoms with Crippen LogP contribution in [0.3, 0.4) is 0 Å². The molecule has 2 atom stereocenters. The molecule has 0 fully saturated rings.